The van der Waals surface area contributed by atoms with Crippen LogP contribution in [-0.2, 0) is 9.53 Å². The van der Waals surface area contributed by atoms with Gasteiger partial charge in [-0.1, -0.05) is 59.1 Å². The van der Waals surface area contributed by atoms with E-state index in [2.05, 4.69) is 32.9 Å². The molecule has 3 unspecified atom stereocenters. The molecule has 0 heterocycles. The number of hydrogen-bond donors (Lipinski definition) is 1. The molecule has 0 aliphatic carbocycles. The summed E-state index contributed by atoms with van der Waals surface area (Å²) in [6, 6.07) is 0. The number of likely N-dealkylation sites (N-methyl/N-ethyl adjacent to an activating group) is 1. The number of allylic oxidation sites excluding steroid dienone is 2. The number of nitrogens with zero attached hydrogens (tertiary/aromatic N) is 1. The van der Waals surface area contributed by atoms with Gasteiger partial charge in [0.1, 0.15) is 5.60 Å². The average Bonchev–Trinajstić information content (AvgIpc) is 2.58. The third-order valence-corrected chi connectivity index (χ3v) is 5.76. The Balaban J connectivity index is 4.51. The summed E-state index contributed by atoms with van der Waals surface area (Å²) in [5.41, 5.74) is -2.18. The standard InChI is InChI=1S/C24H47NO3/c1-9-10-11-12-13-14-15-16-17-18-21(4)22(26)28-24(6,25(7)8)23(5,27)19-20(2)3/h14-15,20-21,27H,9-13,16-19H2,1-8H3. The van der Waals surface area contributed by atoms with Gasteiger partial charge < -0.3 is 9.84 Å². The van der Waals surface area contributed by atoms with Crippen LogP contribution in [0, 0.1) is 11.8 Å². The van der Waals surface area contributed by atoms with E-state index in [-0.39, 0.29) is 11.9 Å². The summed E-state index contributed by atoms with van der Waals surface area (Å²) in [6.07, 6.45) is 14.2. The van der Waals surface area contributed by atoms with Gasteiger partial charge >= 0.3 is 5.97 Å². The van der Waals surface area contributed by atoms with E-state index in [0.717, 1.165) is 25.7 Å². The van der Waals surface area contributed by atoms with Crippen molar-refractivity contribution in [2.75, 3.05) is 14.1 Å². The van der Waals surface area contributed by atoms with Crippen LogP contribution < -0.4 is 0 Å². The Morgan fingerprint density at radius 3 is 2.11 bits per heavy atom. The van der Waals surface area contributed by atoms with Gasteiger partial charge in [-0.15, -0.1) is 0 Å². The minimum absolute atomic E-state index is 0.174. The fourth-order valence-corrected chi connectivity index (χ4v) is 3.55. The maximum absolute atomic E-state index is 12.7. The molecule has 4 heteroatoms. The van der Waals surface area contributed by atoms with Crippen molar-refractivity contribution in [1.82, 2.24) is 4.90 Å². The summed E-state index contributed by atoms with van der Waals surface area (Å²) in [6.45, 7) is 11.8. The first-order chi connectivity index (χ1) is 13.0. The van der Waals surface area contributed by atoms with E-state index in [4.69, 9.17) is 4.74 Å². The lowest BCUT2D eigenvalue weighted by Crippen LogP contribution is -2.62. The topological polar surface area (TPSA) is 49.8 Å². The Morgan fingerprint density at radius 2 is 1.61 bits per heavy atom. The molecule has 0 radical (unpaired) electrons. The third kappa shape index (κ3) is 9.56. The maximum atomic E-state index is 12.7. The number of rotatable bonds is 15. The zero-order valence-electron chi connectivity index (χ0n) is 19.9. The number of ether oxygens (including phenoxy) is 1. The van der Waals surface area contributed by atoms with Gasteiger partial charge in [0.15, 0.2) is 5.72 Å². The SMILES string of the molecule is CCCCCCC=CCCCC(C)C(=O)OC(C)(N(C)C)C(C)(O)CC(C)C. The Hall–Kier alpha value is -0.870. The van der Waals surface area contributed by atoms with E-state index in [1.165, 1.54) is 25.7 Å². The summed E-state index contributed by atoms with van der Waals surface area (Å²) < 4.78 is 5.88. The Morgan fingerprint density at radius 1 is 1.04 bits per heavy atom. The Bertz CT molecular complexity index is 457. The molecule has 0 aliphatic heterocycles. The van der Waals surface area contributed by atoms with Crippen molar-refractivity contribution in [2.24, 2.45) is 11.8 Å². The van der Waals surface area contributed by atoms with E-state index in [9.17, 15) is 9.90 Å². The molecule has 0 aromatic heterocycles. The highest BCUT2D eigenvalue weighted by Gasteiger charge is 2.49. The fourth-order valence-electron chi connectivity index (χ4n) is 3.55. The highest BCUT2D eigenvalue weighted by atomic mass is 16.6. The first-order valence-electron chi connectivity index (χ1n) is 11.3. The maximum Gasteiger partial charge on any atom is 0.310 e. The number of carbonyl (C=O) groups excluding carboxylic acids is 1. The Kier molecular flexibility index (Phi) is 13.0. The summed E-state index contributed by atoms with van der Waals surface area (Å²) >= 11 is 0. The van der Waals surface area contributed by atoms with E-state index < -0.39 is 11.3 Å². The molecule has 166 valence electrons. The molecule has 0 saturated carbocycles. The molecule has 0 spiro atoms. The van der Waals surface area contributed by atoms with Crippen molar-refractivity contribution < 1.29 is 14.6 Å². The van der Waals surface area contributed by atoms with Crippen molar-refractivity contribution >= 4 is 5.97 Å². The summed E-state index contributed by atoms with van der Waals surface area (Å²) in [4.78, 5) is 14.5. The summed E-state index contributed by atoms with van der Waals surface area (Å²) in [5.74, 6) is -0.102. The fraction of sp³-hybridized carbons (Fsp3) is 0.875. The van der Waals surface area contributed by atoms with Crippen molar-refractivity contribution in [3.05, 3.63) is 12.2 Å². The largest absolute Gasteiger partial charge is 0.441 e. The van der Waals surface area contributed by atoms with E-state index in [1.807, 2.05) is 21.0 Å². The second kappa shape index (κ2) is 13.4. The zero-order valence-corrected chi connectivity index (χ0v) is 19.9. The second-order valence-electron chi connectivity index (χ2n) is 9.32. The highest BCUT2D eigenvalue weighted by molar-refractivity contribution is 5.72. The molecule has 3 atom stereocenters. The van der Waals surface area contributed by atoms with Gasteiger partial charge in [0.2, 0.25) is 0 Å². The van der Waals surface area contributed by atoms with Crippen molar-refractivity contribution in [3.63, 3.8) is 0 Å². The molecule has 28 heavy (non-hydrogen) atoms. The van der Waals surface area contributed by atoms with Gasteiger partial charge in [0, 0.05) is 0 Å². The second-order valence-corrected chi connectivity index (χ2v) is 9.32. The zero-order chi connectivity index (χ0) is 21.8. The molecule has 0 aromatic carbocycles. The average molecular weight is 398 g/mol. The van der Waals surface area contributed by atoms with Crippen LogP contribution in [-0.4, -0.2) is 41.4 Å². The molecule has 0 aromatic rings. The number of aliphatic hydroxyl groups is 1. The number of carbonyl (C=O) groups is 1. The van der Waals surface area contributed by atoms with Gasteiger partial charge in [-0.3, -0.25) is 9.69 Å². The predicted octanol–water partition coefficient (Wildman–Crippen LogP) is 5.94. The van der Waals surface area contributed by atoms with Gasteiger partial charge in [-0.2, -0.15) is 0 Å². The van der Waals surface area contributed by atoms with Crippen LogP contribution in [0.2, 0.25) is 0 Å². The van der Waals surface area contributed by atoms with Gasteiger partial charge in [-0.05, 0) is 72.4 Å². The number of hydrogen-bond acceptors (Lipinski definition) is 4. The molecule has 0 aliphatic rings. The van der Waals surface area contributed by atoms with Crippen LogP contribution in [0.3, 0.4) is 0 Å². The van der Waals surface area contributed by atoms with E-state index in [0.29, 0.717) is 12.3 Å². The molecule has 4 nitrogen and oxygen atoms in total. The summed E-state index contributed by atoms with van der Waals surface area (Å²) in [7, 11) is 3.69. The lowest BCUT2D eigenvalue weighted by atomic mass is 9.84. The van der Waals surface area contributed by atoms with Crippen molar-refractivity contribution in [3.8, 4) is 0 Å². The molecule has 0 bridgehead atoms. The molecule has 0 rings (SSSR count). The lowest BCUT2D eigenvalue weighted by molar-refractivity contribution is -0.236. The van der Waals surface area contributed by atoms with E-state index in [1.54, 1.807) is 18.7 Å². The molecular weight excluding hydrogens is 350 g/mol. The first-order valence-corrected chi connectivity index (χ1v) is 11.3. The monoisotopic (exact) mass is 397 g/mol. The van der Waals surface area contributed by atoms with Crippen LogP contribution in [0.15, 0.2) is 12.2 Å². The number of esters is 1. The summed E-state index contributed by atoms with van der Waals surface area (Å²) in [5, 5.41) is 11.0. The minimum Gasteiger partial charge on any atom is -0.441 e. The normalized spacial score (nSPS) is 17.7. The van der Waals surface area contributed by atoms with Crippen LogP contribution >= 0.6 is 0 Å². The Labute approximate surface area is 174 Å². The molecule has 0 saturated heterocycles. The van der Waals surface area contributed by atoms with Crippen LogP contribution in [0.4, 0.5) is 0 Å². The molecule has 0 fully saturated rings. The van der Waals surface area contributed by atoms with Gasteiger partial charge in [-0.25, -0.2) is 0 Å². The predicted molar refractivity (Wildman–Crippen MR) is 119 cm³/mol. The van der Waals surface area contributed by atoms with Crippen molar-refractivity contribution in [1.29, 1.82) is 0 Å². The van der Waals surface area contributed by atoms with Crippen LogP contribution in [0.1, 0.15) is 99.3 Å². The third-order valence-electron chi connectivity index (χ3n) is 5.76. The minimum atomic E-state index is -1.12. The highest BCUT2D eigenvalue weighted by Crippen LogP contribution is 2.34. The van der Waals surface area contributed by atoms with Crippen LogP contribution in [0.25, 0.3) is 0 Å². The molecular formula is C24H47NO3. The van der Waals surface area contributed by atoms with E-state index >= 15 is 0 Å². The quantitative estimate of drug-likeness (QED) is 0.161. The van der Waals surface area contributed by atoms with Gasteiger partial charge in [0.25, 0.3) is 0 Å². The lowest BCUT2D eigenvalue weighted by Gasteiger charge is -2.47. The van der Waals surface area contributed by atoms with Crippen molar-refractivity contribution in [2.45, 2.75) is 111 Å². The van der Waals surface area contributed by atoms with Gasteiger partial charge in [0.05, 0.1) is 5.92 Å². The molecule has 0 amide bonds. The van der Waals surface area contributed by atoms with Crippen LogP contribution in [0.5, 0.6) is 0 Å². The first kappa shape index (κ1) is 27.1. The number of unbranched alkanes of at least 4 members (excludes halogenated alkanes) is 5. The molecule has 1 N–H and O–H groups in total. The smallest absolute Gasteiger partial charge is 0.310 e.